The van der Waals surface area contributed by atoms with Gasteiger partial charge in [0, 0.05) is 26.1 Å². The molecule has 0 unspecified atom stereocenters. The molecule has 0 atom stereocenters. The van der Waals surface area contributed by atoms with Crippen molar-refractivity contribution in [1.82, 2.24) is 0 Å². The van der Waals surface area contributed by atoms with Crippen molar-refractivity contribution in [3.05, 3.63) is 17.9 Å². The second kappa shape index (κ2) is 4.56. The monoisotopic (exact) mass is 178 g/mol. The van der Waals surface area contributed by atoms with Crippen LogP contribution in [0.1, 0.15) is 18.6 Å². The Hall–Kier alpha value is -1.43. The molecule has 3 heteroatoms. The number of nitriles is 1. The van der Waals surface area contributed by atoms with Crippen LogP contribution < -0.4 is 4.90 Å². The van der Waals surface area contributed by atoms with Crippen LogP contribution in [0.4, 0.5) is 5.88 Å². The molecule has 0 aliphatic rings. The third-order valence-corrected chi connectivity index (χ3v) is 1.88. The smallest absolute Gasteiger partial charge is 0.195 e. The standard InChI is InChI=1S/C10H14N2O/c1-9-5-6-10(13-9)12(2)8-4-3-7-11/h5-6H,3-4,8H2,1-2H3. The van der Waals surface area contributed by atoms with Crippen molar-refractivity contribution in [2.75, 3.05) is 18.5 Å². The Labute approximate surface area is 78.6 Å². The molecule has 13 heavy (non-hydrogen) atoms. The van der Waals surface area contributed by atoms with Gasteiger partial charge >= 0.3 is 0 Å². The van der Waals surface area contributed by atoms with Crippen LogP contribution in [0.2, 0.25) is 0 Å². The van der Waals surface area contributed by atoms with E-state index in [4.69, 9.17) is 9.68 Å². The third-order valence-electron chi connectivity index (χ3n) is 1.88. The van der Waals surface area contributed by atoms with E-state index in [1.165, 1.54) is 0 Å². The van der Waals surface area contributed by atoms with E-state index in [1.807, 2.05) is 31.0 Å². The molecule has 0 aliphatic heterocycles. The molecule has 0 radical (unpaired) electrons. The molecule has 0 bridgehead atoms. The summed E-state index contributed by atoms with van der Waals surface area (Å²) in [5, 5.41) is 8.36. The van der Waals surface area contributed by atoms with Crippen molar-refractivity contribution < 1.29 is 4.42 Å². The zero-order valence-electron chi connectivity index (χ0n) is 8.08. The minimum Gasteiger partial charge on any atom is -0.446 e. The highest BCUT2D eigenvalue weighted by atomic mass is 16.4. The highest BCUT2D eigenvalue weighted by Crippen LogP contribution is 2.16. The average Bonchev–Trinajstić information content (AvgIpc) is 2.52. The first-order chi connectivity index (χ1) is 6.24. The summed E-state index contributed by atoms with van der Waals surface area (Å²) in [7, 11) is 1.97. The number of anilines is 1. The van der Waals surface area contributed by atoms with Gasteiger partial charge in [-0.2, -0.15) is 5.26 Å². The van der Waals surface area contributed by atoms with Gasteiger partial charge < -0.3 is 9.32 Å². The van der Waals surface area contributed by atoms with Gasteiger partial charge in [0.05, 0.1) is 6.07 Å². The summed E-state index contributed by atoms with van der Waals surface area (Å²) in [4.78, 5) is 2.02. The molecule has 70 valence electrons. The van der Waals surface area contributed by atoms with Gasteiger partial charge in [-0.05, 0) is 19.4 Å². The maximum absolute atomic E-state index is 8.36. The predicted molar refractivity (Wildman–Crippen MR) is 51.6 cm³/mol. The van der Waals surface area contributed by atoms with E-state index in [1.54, 1.807) is 0 Å². The lowest BCUT2D eigenvalue weighted by atomic mass is 10.3. The molecule has 0 fully saturated rings. The van der Waals surface area contributed by atoms with Crippen LogP contribution in [0.5, 0.6) is 0 Å². The Bertz CT molecular complexity index is 298. The molecular formula is C10H14N2O. The zero-order valence-corrected chi connectivity index (χ0v) is 8.08. The molecule has 1 heterocycles. The maximum Gasteiger partial charge on any atom is 0.195 e. The van der Waals surface area contributed by atoms with Crippen molar-refractivity contribution in [1.29, 1.82) is 5.26 Å². The Morgan fingerprint density at radius 3 is 2.85 bits per heavy atom. The number of aryl methyl sites for hydroxylation is 1. The lowest BCUT2D eigenvalue weighted by Gasteiger charge is -2.14. The lowest BCUT2D eigenvalue weighted by molar-refractivity contribution is 0.524. The topological polar surface area (TPSA) is 40.2 Å². The van der Waals surface area contributed by atoms with Gasteiger partial charge in [0.25, 0.3) is 0 Å². The lowest BCUT2D eigenvalue weighted by Crippen LogP contribution is -2.17. The Morgan fingerprint density at radius 2 is 2.31 bits per heavy atom. The first kappa shape index (κ1) is 9.66. The van der Waals surface area contributed by atoms with Gasteiger partial charge in [-0.25, -0.2) is 0 Å². The highest BCUT2D eigenvalue weighted by Gasteiger charge is 2.03. The molecule has 0 saturated heterocycles. The minimum atomic E-state index is 0.601. The Kier molecular flexibility index (Phi) is 3.39. The van der Waals surface area contributed by atoms with E-state index in [-0.39, 0.29) is 0 Å². The van der Waals surface area contributed by atoms with Gasteiger partial charge in [0.15, 0.2) is 5.88 Å². The fourth-order valence-electron chi connectivity index (χ4n) is 1.13. The normalized spacial score (nSPS) is 9.62. The average molecular weight is 178 g/mol. The van der Waals surface area contributed by atoms with Crippen LogP contribution in [0.25, 0.3) is 0 Å². The molecule has 0 N–H and O–H groups in total. The van der Waals surface area contributed by atoms with Crippen LogP contribution in [-0.4, -0.2) is 13.6 Å². The predicted octanol–water partition coefficient (Wildman–Crippen LogP) is 2.33. The van der Waals surface area contributed by atoms with E-state index < -0.39 is 0 Å². The van der Waals surface area contributed by atoms with Crippen molar-refractivity contribution in [2.24, 2.45) is 0 Å². The van der Waals surface area contributed by atoms with Crippen LogP contribution in [0, 0.1) is 18.3 Å². The zero-order chi connectivity index (χ0) is 9.68. The molecule has 1 aromatic rings. The third kappa shape index (κ3) is 2.83. The van der Waals surface area contributed by atoms with E-state index in [0.29, 0.717) is 6.42 Å². The van der Waals surface area contributed by atoms with Crippen LogP contribution >= 0.6 is 0 Å². The highest BCUT2D eigenvalue weighted by molar-refractivity contribution is 5.34. The quantitative estimate of drug-likeness (QED) is 0.664. The van der Waals surface area contributed by atoms with Gasteiger partial charge in [0.1, 0.15) is 5.76 Å². The van der Waals surface area contributed by atoms with Crippen molar-refractivity contribution in [3.8, 4) is 6.07 Å². The molecule has 1 rings (SSSR count). The summed E-state index contributed by atoms with van der Waals surface area (Å²) in [5.74, 6) is 1.79. The maximum atomic E-state index is 8.36. The Balaban J connectivity index is 2.40. The van der Waals surface area contributed by atoms with Crippen molar-refractivity contribution in [2.45, 2.75) is 19.8 Å². The SMILES string of the molecule is Cc1ccc(N(C)CCCC#N)o1. The molecule has 0 amide bonds. The molecule has 0 aliphatic carbocycles. The van der Waals surface area contributed by atoms with E-state index in [2.05, 4.69) is 6.07 Å². The fraction of sp³-hybridized carbons (Fsp3) is 0.500. The van der Waals surface area contributed by atoms with Crippen molar-refractivity contribution >= 4 is 5.88 Å². The van der Waals surface area contributed by atoms with Gasteiger partial charge in [0.2, 0.25) is 0 Å². The van der Waals surface area contributed by atoms with Gasteiger partial charge in [-0.3, -0.25) is 0 Å². The summed E-state index contributed by atoms with van der Waals surface area (Å²) in [6.07, 6.45) is 1.48. The fourth-order valence-corrected chi connectivity index (χ4v) is 1.13. The van der Waals surface area contributed by atoms with E-state index in [9.17, 15) is 0 Å². The minimum absolute atomic E-state index is 0.601. The first-order valence-corrected chi connectivity index (χ1v) is 4.38. The van der Waals surface area contributed by atoms with Crippen LogP contribution in [0.15, 0.2) is 16.5 Å². The number of nitrogens with zero attached hydrogens (tertiary/aromatic N) is 2. The molecule has 3 nitrogen and oxygen atoms in total. The van der Waals surface area contributed by atoms with E-state index in [0.717, 1.165) is 24.6 Å². The molecule has 0 aromatic carbocycles. The summed E-state index contributed by atoms with van der Waals surface area (Å²) in [5.41, 5.74) is 0. The summed E-state index contributed by atoms with van der Waals surface area (Å²) in [6, 6.07) is 6.01. The van der Waals surface area contributed by atoms with Gasteiger partial charge in [-0.15, -0.1) is 0 Å². The molecule has 0 saturated carbocycles. The van der Waals surface area contributed by atoms with E-state index >= 15 is 0 Å². The number of hydrogen-bond acceptors (Lipinski definition) is 3. The number of unbranched alkanes of at least 4 members (excludes halogenated alkanes) is 1. The number of rotatable bonds is 4. The van der Waals surface area contributed by atoms with Crippen LogP contribution in [-0.2, 0) is 0 Å². The Morgan fingerprint density at radius 1 is 1.54 bits per heavy atom. The second-order valence-electron chi connectivity index (χ2n) is 3.07. The summed E-state index contributed by atoms with van der Waals surface area (Å²) in [6.45, 7) is 2.78. The van der Waals surface area contributed by atoms with Crippen LogP contribution in [0.3, 0.4) is 0 Å². The molecule has 1 aromatic heterocycles. The molecule has 0 spiro atoms. The summed E-state index contributed by atoms with van der Waals surface area (Å²) >= 11 is 0. The molecular weight excluding hydrogens is 164 g/mol. The first-order valence-electron chi connectivity index (χ1n) is 4.38. The number of hydrogen-bond donors (Lipinski definition) is 0. The summed E-state index contributed by atoms with van der Waals surface area (Å²) < 4.78 is 5.42. The van der Waals surface area contributed by atoms with Gasteiger partial charge in [-0.1, -0.05) is 0 Å². The number of furan rings is 1. The largest absolute Gasteiger partial charge is 0.446 e. The second-order valence-corrected chi connectivity index (χ2v) is 3.07. The van der Waals surface area contributed by atoms with Crippen molar-refractivity contribution in [3.63, 3.8) is 0 Å².